The highest BCUT2D eigenvalue weighted by Gasteiger charge is 2.19. The molecule has 1 amide bonds. The Morgan fingerprint density at radius 2 is 1.96 bits per heavy atom. The van der Waals surface area contributed by atoms with Gasteiger partial charge in [0.2, 0.25) is 0 Å². The smallest absolute Gasteiger partial charge is 0.341 e. The van der Waals surface area contributed by atoms with E-state index in [9.17, 15) is 9.59 Å². The minimum Gasteiger partial charge on any atom is -0.465 e. The van der Waals surface area contributed by atoms with Gasteiger partial charge in [0.25, 0.3) is 5.91 Å². The molecule has 0 aliphatic carbocycles. The number of carbonyl (C=O) groups is 2. The topological polar surface area (TPSA) is 73.0 Å². The number of hydrogen-bond acceptors (Lipinski definition) is 4. The Bertz CT molecular complexity index is 780. The Morgan fingerprint density at radius 1 is 1.24 bits per heavy atom. The molecule has 0 aliphatic rings. The van der Waals surface area contributed by atoms with Gasteiger partial charge in [0, 0.05) is 11.8 Å². The maximum absolute atomic E-state index is 12.3. The lowest BCUT2D eigenvalue weighted by Gasteiger charge is -2.14. The van der Waals surface area contributed by atoms with Gasteiger partial charge in [0.15, 0.2) is 12.3 Å². The van der Waals surface area contributed by atoms with Crippen molar-refractivity contribution >= 4 is 17.6 Å². The lowest BCUT2D eigenvalue weighted by Crippen LogP contribution is -3.08. The number of quaternary nitrogens is 1. The first-order valence-electron chi connectivity index (χ1n) is 8.16. The summed E-state index contributed by atoms with van der Waals surface area (Å²) in [6.45, 7) is 6.51. The van der Waals surface area contributed by atoms with Gasteiger partial charge in [0.1, 0.15) is 17.9 Å². The van der Waals surface area contributed by atoms with Crippen LogP contribution in [0.4, 0.5) is 5.69 Å². The first-order valence-corrected chi connectivity index (χ1v) is 8.16. The van der Waals surface area contributed by atoms with Crippen LogP contribution in [0.25, 0.3) is 0 Å². The molecule has 25 heavy (non-hydrogen) atoms. The van der Waals surface area contributed by atoms with E-state index in [2.05, 4.69) is 5.32 Å². The third-order valence-electron chi connectivity index (χ3n) is 4.19. The molecule has 2 N–H and O–H groups in total. The van der Waals surface area contributed by atoms with E-state index in [1.54, 1.807) is 13.0 Å². The van der Waals surface area contributed by atoms with E-state index in [-0.39, 0.29) is 5.91 Å². The van der Waals surface area contributed by atoms with Gasteiger partial charge in [-0.05, 0) is 38.0 Å². The number of carbonyl (C=O) groups excluding carboxylic acids is 2. The molecule has 2 rings (SSSR count). The summed E-state index contributed by atoms with van der Waals surface area (Å²) in [4.78, 5) is 24.8. The van der Waals surface area contributed by atoms with Crippen LogP contribution in [0.1, 0.15) is 33.0 Å². The molecule has 1 unspecified atom stereocenters. The second-order valence-electron chi connectivity index (χ2n) is 6.28. The number of methoxy groups -OCH3 is 1. The fourth-order valence-electron chi connectivity index (χ4n) is 2.66. The van der Waals surface area contributed by atoms with Crippen molar-refractivity contribution in [3.05, 3.63) is 52.5 Å². The Morgan fingerprint density at radius 3 is 2.64 bits per heavy atom. The molecule has 0 bridgehead atoms. The summed E-state index contributed by atoms with van der Waals surface area (Å²) in [6.07, 6.45) is 0. The van der Waals surface area contributed by atoms with Crippen LogP contribution >= 0.6 is 0 Å². The molecule has 0 fully saturated rings. The molecule has 0 saturated carbocycles. The highest BCUT2D eigenvalue weighted by molar-refractivity contribution is 5.92. The first kappa shape index (κ1) is 18.7. The molecule has 2 aromatic rings. The van der Waals surface area contributed by atoms with E-state index < -0.39 is 5.97 Å². The number of aryl methyl sites for hydroxylation is 2. The number of rotatable bonds is 6. The highest BCUT2D eigenvalue weighted by atomic mass is 16.5. The van der Waals surface area contributed by atoms with Gasteiger partial charge in [-0.15, -0.1) is 0 Å². The second-order valence-corrected chi connectivity index (χ2v) is 6.28. The summed E-state index contributed by atoms with van der Waals surface area (Å²) in [6, 6.07) is 7.51. The molecule has 1 atom stereocenters. The molecule has 6 heteroatoms. The van der Waals surface area contributed by atoms with Gasteiger partial charge in [-0.25, -0.2) is 4.79 Å². The number of esters is 1. The van der Waals surface area contributed by atoms with Crippen molar-refractivity contribution in [2.45, 2.75) is 27.3 Å². The van der Waals surface area contributed by atoms with Crippen molar-refractivity contribution in [2.24, 2.45) is 0 Å². The second kappa shape index (κ2) is 7.98. The number of nitrogens with one attached hydrogen (secondary N) is 2. The Kier molecular flexibility index (Phi) is 5.98. The van der Waals surface area contributed by atoms with Crippen molar-refractivity contribution in [3.63, 3.8) is 0 Å². The molecule has 6 nitrogen and oxygen atoms in total. The zero-order valence-corrected chi connectivity index (χ0v) is 15.4. The van der Waals surface area contributed by atoms with Crippen LogP contribution in [-0.2, 0) is 16.1 Å². The molecule has 0 radical (unpaired) electrons. The minimum atomic E-state index is -0.419. The largest absolute Gasteiger partial charge is 0.465 e. The van der Waals surface area contributed by atoms with E-state index in [0.717, 1.165) is 21.7 Å². The van der Waals surface area contributed by atoms with Crippen molar-refractivity contribution in [2.75, 3.05) is 26.0 Å². The van der Waals surface area contributed by atoms with Gasteiger partial charge in [-0.3, -0.25) is 4.79 Å². The maximum atomic E-state index is 12.3. The monoisotopic (exact) mass is 345 g/mol. The Balaban J connectivity index is 1.96. The lowest BCUT2D eigenvalue weighted by atomic mass is 10.1. The summed E-state index contributed by atoms with van der Waals surface area (Å²) in [5.41, 5.74) is 3.46. The van der Waals surface area contributed by atoms with Gasteiger partial charge in [-0.2, -0.15) is 0 Å². The van der Waals surface area contributed by atoms with Crippen LogP contribution in [-0.4, -0.2) is 32.6 Å². The Labute approximate surface area is 147 Å². The predicted octanol–water partition coefficient (Wildman–Crippen LogP) is 1.64. The van der Waals surface area contributed by atoms with Crippen molar-refractivity contribution < 1.29 is 23.6 Å². The van der Waals surface area contributed by atoms with Crippen molar-refractivity contribution in [1.29, 1.82) is 0 Å². The first-order chi connectivity index (χ1) is 11.8. The van der Waals surface area contributed by atoms with E-state index in [1.165, 1.54) is 7.11 Å². The molecule has 0 spiro atoms. The quantitative estimate of drug-likeness (QED) is 0.781. The van der Waals surface area contributed by atoms with E-state index >= 15 is 0 Å². The molecule has 0 saturated heterocycles. The number of ether oxygens (including phenoxy) is 1. The van der Waals surface area contributed by atoms with Crippen LogP contribution in [0, 0.1) is 20.8 Å². The maximum Gasteiger partial charge on any atom is 0.341 e. The van der Waals surface area contributed by atoms with Crippen LogP contribution in [0.5, 0.6) is 0 Å². The van der Waals surface area contributed by atoms with Gasteiger partial charge < -0.3 is 19.4 Å². The summed E-state index contributed by atoms with van der Waals surface area (Å²) in [5.74, 6) is 0.685. The SMILES string of the molecule is COC(=O)c1cc(C[NH+](C)CC(=O)Nc2cccc(C)c2C)oc1C. The standard InChI is InChI=1S/C19H24N2O4/c1-12-7-6-8-17(13(12)2)20-18(22)11-21(4)10-15-9-16(14(3)25-15)19(23)24-5/h6-9H,10-11H2,1-5H3,(H,20,22)/p+1. The van der Waals surface area contributed by atoms with Crippen LogP contribution in [0.2, 0.25) is 0 Å². The van der Waals surface area contributed by atoms with Gasteiger partial charge >= 0.3 is 5.97 Å². The molecular weight excluding hydrogens is 320 g/mol. The molecule has 134 valence electrons. The van der Waals surface area contributed by atoms with Crippen molar-refractivity contribution in [1.82, 2.24) is 0 Å². The molecular formula is C19H25N2O4+. The minimum absolute atomic E-state index is 0.0670. The number of furan rings is 1. The van der Waals surface area contributed by atoms with Crippen LogP contribution in [0.3, 0.4) is 0 Å². The van der Waals surface area contributed by atoms with E-state index in [0.29, 0.717) is 30.2 Å². The third-order valence-corrected chi connectivity index (χ3v) is 4.19. The van der Waals surface area contributed by atoms with Crippen molar-refractivity contribution in [3.8, 4) is 0 Å². The number of anilines is 1. The predicted molar refractivity (Wildman–Crippen MR) is 94.8 cm³/mol. The summed E-state index contributed by atoms with van der Waals surface area (Å²) in [5, 5.41) is 2.95. The number of benzene rings is 1. The van der Waals surface area contributed by atoms with Gasteiger partial charge in [-0.1, -0.05) is 12.1 Å². The average Bonchev–Trinajstić information content (AvgIpc) is 2.91. The molecule has 0 aliphatic heterocycles. The molecule has 1 aromatic heterocycles. The third kappa shape index (κ3) is 4.70. The summed E-state index contributed by atoms with van der Waals surface area (Å²) in [7, 11) is 3.24. The zero-order valence-electron chi connectivity index (χ0n) is 15.4. The number of likely N-dealkylation sites (N-methyl/N-ethyl adjacent to an activating group) is 1. The highest BCUT2D eigenvalue weighted by Crippen LogP contribution is 2.17. The van der Waals surface area contributed by atoms with Crippen LogP contribution in [0.15, 0.2) is 28.7 Å². The molecule has 1 aromatic carbocycles. The number of hydrogen-bond donors (Lipinski definition) is 2. The fourth-order valence-corrected chi connectivity index (χ4v) is 2.66. The van der Waals surface area contributed by atoms with Gasteiger partial charge in [0.05, 0.1) is 14.2 Å². The normalized spacial score (nSPS) is 11.9. The fraction of sp³-hybridized carbons (Fsp3) is 0.368. The van der Waals surface area contributed by atoms with Crippen LogP contribution < -0.4 is 10.2 Å². The Hall–Kier alpha value is -2.60. The lowest BCUT2D eigenvalue weighted by molar-refractivity contribution is -0.886. The number of amides is 1. The van der Waals surface area contributed by atoms with E-state index in [4.69, 9.17) is 9.15 Å². The summed E-state index contributed by atoms with van der Waals surface area (Å²) >= 11 is 0. The summed E-state index contributed by atoms with van der Waals surface area (Å²) < 4.78 is 10.3. The van der Waals surface area contributed by atoms with E-state index in [1.807, 2.05) is 39.1 Å². The molecule has 1 heterocycles. The average molecular weight is 345 g/mol. The zero-order chi connectivity index (χ0) is 18.6.